The van der Waals surface area contributed by atoms with Crippen LogP contribution < -0.4 is 11.1 Å². The Kier molecular flexibility index (Phi) is 4.84. The molecule has 1 amide bonds. The highest BCUT2D eigenvalue weighted by Crippen LogP contribution is 2.23. The second kappa shape index (κ2) is 6.40. The fourth-order valence-corrected chi connectivity index (χ4v) is 3.14. The van der Waals surface area contributed by atoms with E-state index in [1.165, 1.54) is 11.3 Å². The number of amides is 1. The Hall–Kier alpha value is -1.05. The predicted octanol–water partition coefficient (Wildman–Crippen LogP) is 0.274. The van der Waals surface area contributed by atoms with Gasteiger partial charge in [0.15, 0.2) is 0 Å². The largest absolute Gasteiger partial charge is 0.349 e. The first-order chi connectivity index (χ1) is 9.10. The molecule has 0 bridgehead atoms. The second-order valence-corrected chi connectivity index (χ2v) is 6.25. The van der Waals surface area contributed by atoms with Crippen molar-refractivity contribution in [1.82, 2.24) is 20.4 Å². The molecule has 1 fully saturated rings. The number of hydrogen-bond donors (Lipinski definition) is 2. The highest BCUT2D eigenvalue weighted by atomic mass is 32.1. The van der Waals surface area contributed by atoms with E-state index in [0.717, 1.165) is 22.9 Å². The first-order valence-corrected chi connectivity index (χ1v) is 7.39. The van der Waals surface area contributed by atoms with Gasteiger partial charge in [0.1, 0.15) is 10.0 Å². The molecule has 2 rings (SSSR count). The van der Waals surface area contributed by atoms with E-state index < -0.39 is 0 Å². The van der Waals surface area contributed by atoms with Crippen molar-refractivity contribution in [2.24, 2.45) is 5.73 Å². The van der Waals surface area contributed by atoms with Crippen LogP contribution in [0.1, 0.15) is 29.3 Å². The van der Waals surface area contributed by atoms with E-state index in [1.807, 2.05) is 6.92 Å². The van der Waals surface area contributed by atoms with Crippen LogP contribution in [0.2, 0.25) is 0 Å². The molecule has 1 aromatic rings. The Bertz CT molecular complexity index is 436. The first-order valence-electron chi connectivity index (χ1n) is 6.58. The molecule has 1 aromatic heterocycles. The smallest absolute Gasteiger partial charge is 0.221 e. The topological polar surface area (TPSA) is 84.1 Å². The predicted molar refractivity (Wildman–Crippen MR) is 74.7 cm³/mol. The molecular formula is C12H21N5OS. The average Bonchev–Trinajstić information content (AvgIpc) is 2.95. The zero-order valence-electron chi connectivity index (χ0n) is 11.4. The van der Waals surface area contributed by atoms with E-state index in [9.17, 15) is 4.79 Å². The molecule has 7 heteroatoms. The third kappa shape index (κ3) is 3.71. The van der Waals surface area contributed by atoms with Crippen LogP contribution in [0.5, 0.6) is 0 Å². The van der Waals surface area contributed by atoms with Crippen molar-refractivity contribution in [2.45, 2.75) is 44.8 Å². The number of aromatic nitrogens is 2. The Morgan fingerprint density at radius 2 is 2.21 bits per heavy atom. The molecule has 1 saturated heterocycles. The van der Waals surface area contributed by atoms with Crippen molar-refractivity contribution < 1.29 is 4.79 Å². The van der Waals surface area contributed by atoms with E-state index in [1.54, 1.807) is 0 Å². The summed E-state index contributed by atoms with van der Waals surface area (Å²) in [7, 11) is 2.05. The van der Waals surface area contributed by atoms with Crippen molar-refractivity contribution >= 4 is 17.2 Å². The van der Waals surface area contributed by atoms with Crippen LogP contribution >= 0.6 is 11.3 Å². The van der Waals surface area contributed by atoms with E-state index in [-0.39, 0.29) is 5.91 Å². The van der Waals surface area contributed by atoms with Gasteiger partial charge in [-0.3, -0.25) is 9.69 Å². The normalized spacial score (nSPS) is 23.7. The number of carbonyl (C=O) groups is 1. The van der Waals surface area contributed by atoms with Gasteiger partial charge in [-0.2, -0.15) is 0 Å². The molecule has 2 atom stereocenters. The van der Waals surface area contributed by atoms with Gasteiger partial charge in [0.2, 0.25) is 5.91 Å². The maximum absolute atomic E-state index is 11.9. The number of rotatable bonds is 5. The Morgan fingerprint density at radius 1 is 1.47 bits per heavy atom. The number of hydrogen-bond acceptors (Lipinski definition) is 6. The number of nitrogens with zero attached hydrogens (tertiary/aromatic N) is 3. The minimum absolute atomic E-state index is 0.0716. The molecule has 6 nitrogen and oxygen atoms in total. The van der Waals surface area contributed by atoms with Gasteiger partial charge in [-0.15, -0.1) is 10.2 Å². The summed E-state index contributed by atoms with van der Waals surface area (Å²) in [6.45, 7) is 3.04. The number of likely N-dealkylation sites (tertiary alicyclic amines) is 1. The molecule has 0 saturated carbocycles. The van der Waals surface area contributed by atoms with Crippen LogP contribution in [0.3, 0.4) is 0 Å². The van der Waals surface area contributed by atoms with E-state index >= 15 is 0 Å². The maximum Gasteiger partial charge on any atom is 0.221 e. The van der Waals surface area contributed by atoms with E-state index in [4.69, 9.17) is 5.73 Å². The van der Waals surface area contributed by atoms with E-state index in [2.05, 4.69) is 27.5 Å². The number of nitrogens with two attached hydrogens (primary N) is 1. The molecule has 0 aromatic carbocycles. The molecule has 0 spiro atoms. The summed E-state index contributed by atoms with van der Waals surface area (Å²) < 4.78 is 0. The highest BCUT2D eigenvalue weighted by molar-refractivity contribution is 7.11. The van der Waals surface area contributed by atoms with Gasteiger partial charge in [-0.05, 0) is 26.8 Å². The molecule has 1 aliphatic heterocycles. The van der Waals surface area contributed by atoms with Crippen molar-refractivity contribution in [3.63, 3.8) is 0 Å². The second-order valence-electron chi connectivity index (χ2n) is 4.98. The molecule has 1 aliphatic rings. The summed E-state index contributed by atoms with van der Waals surface area (Å²) in [5, 5.41) is 12.6. The SMILES string of the molecule is Cc1nnc(CNC(=O)C[C@@H]2CC[C@H](CN)N2C)s1. The quantitative estimate of drug-likeness (QED) is 0.810. The van der Waals surface area contributed by atoms with Gasteiger partial charge in [0.25, 0.3) is 0 Å². The molecule has 2 heterocycles. The minimum atomic E-state index is 0.0716. The van der Waals surface area contributed by atoms with Crippen molar-refractivity contribution in [3.05, 3.63) is 10.0 Å². The highest BCUT2D eigenvalue weighted by Gasteiger charge is 2.30. The Labute approximate surface area is 117 Å². The molecule has 19 heavy (non-hydrogen) atoms. The van der Waals surface area contributed by atoms with Crippen LogP contribution in [0, 0.1) is 6.92 Å². The summed E-state index contributed by atoms with van der Waals surface area (Å²) >= 11 is 1.51. The van der Waals surface area contributed by atoms with Crippen LogP contribution in [-0.4, -0.2) is 46.7 Å². The lowest BCUT2D eigenvalue weighted by Crippen LogP contribution is -2.39. The monoisotopic (exact) mass is 283 g/mol. The lowest BCUT2D eigenvalue weighted by molar-refractivity contribution is -0.122. The number of nitrogens with one attached hydrogen (secondary N) is 1. The summed E-state index contributed by atoms with van der Waals surface area (Å²) in [5.74, 6) is 0.0716. The summed E-state index contributed by atoms with van der Waals surface area (Å²) in [5.41, 5.74) is 5.70. The van der Waals surface area contributed by atoms with Gasteiger partial charge < -0.3 is 11.1 Å². The summed E-state index contributed by atoms with van der Waals surface area (Å²) in [4.78, 5) is 14.1. The van der Waals surface area contributed by atoms with Gasteiger partial charge in [0, 0.05) is 25.0 Å². The van der Waals surface area contributed by atoms with Crippen LogP contribution in [0.4, 0.5) is 0 Å². The van der Waals surface area contributed by atoms with E-state index in [0.29, 0.717) is 31.6 Å². The molecule has 0 unspecified atom stereocenters. The van der Waals surface area contributed by atoms with Gasteiger partial charge >= 0.3 is 0 Å². The fourth-order valence-electron chi connectivity index (χ4n) is 2.49. The molecular weight excluding hydrogens is 262 g/mol. The molecule has 0 aliphatic carbocycles. The van der Waals surface area contributed by atoms with Gasteiger partial charge in [-0.25, -0.2) is 0 Å². The van der Waals surface area contributed by atoms with Gasteiger partial charge in [-0.1, -0.05) is 11.3 Å². The average molecular weight is 283 g/mol. The van der Waals surface area contributed by atoms with Crippen molar-refractivity contribution in [2.75, 3.05) is 13.6 Å². The molecule has 0 radical (unpaired) electrons. The number of aryl methyl sites for hydroxylation is 1. The van der Waals surface area contributed by atoms with Crippen LogP contribution in [-0.2, 0) is 11.3 Å². The Balaban J connectivity index is 1.75. The third-order valence-electron chi connectivity index (χ3n) is 3.68. The van der Waals surface area contributed by atoms with Crippen LogP contribution in [0.15, 0.2) is 0 Å². The standard InChI is InChI=1S/C12H21N5OS/c1-8-15-16-12(19-8)7-14-11(18)5-9-3-4-10(6-13)17(9)2/h9-10H,3-7,13H2,1-2H3,(H,14,18)/t9-,10+/m0/s1. The number of likely N-dealkylation sites (N-methyl/N-ethyl adjacent to an activating group) is 1. The van der Waals surface area contributed by atoms with Gasteiger partial charge in [0.05, 0.1) is 6.54 Å². The third-order valence-corrected chi connectivity index (χ3v) is 4.52. The Morgan fingerprint density at radius 3 is 2.79 bits per heavy atom. The molecule has 3 N–H and O–H groups in total. The summed E-state index contributed by atoms with van der Waals surface area (Å²) in [6.07, 6.45) is 2.66. The fraction of sp³-hybridized carbons (Fsp3) is 0.750. The number of carbonyl (C=O) groups excluding carboxylic acids is 1. The first kappa shape index (κ1) is 14.4. The minimum Gasteiger partial charge on any atom is -0.349 e. The van der Waals surface area contributed by atoms with Crippen molar-refractivity contribution in [1.29, 1.82) is 0 Å². The lowest BCUT2D eigenvalue weighted by atomic mass is 10.1. The van der Waals surface area contributed by atoms with Crippen LogP contribution in [0.25, 0.3) is 0 Å². The zero-order valence-corrected chi connectivity index (χ0v) is 12.2. The van der Waals surface area contributed by atoms with Crippen molar-refractivity contribution in [3.8, 4) is 0 Å². The lowest BCUT2D eigenvalue weighted by Gasteiger charge is -2.24. The maximum atomic E-state index is 11.9. The molecule has 106 valence electrons. The summed E-state index contributed by atoms with van der Waals surface area (Å²) in [6, 6.07) is 0.730. The zero-order chi connectivity index (χ0) is 13.8.